The Bertz CT molecular complexity index is 358. The summed E-state index contributed by atoms with van der Waals surface area (Å²) in [4.78, 5) is 0. The van der Waals surface area contributed by atoms with Gasteiger partial charge in [-0.1, -0.05) is 6.92 Å². The van der Waals surface area contributed by atoms with Gasteiger partial charge in [-0.2, -0.15) is 0 Å². The van der Waals surface area contributed by atoms with Gasteiger partial charge in [0, 0.05) is 6.61 Å². The van der Waals surface area contributed by atoms with Gasteiger partial charge >= 0.3 is 0 Å². The Hall–Kier alpha value is -0.320. The molecule has 1 N–H and O–H groups in total. The normalized spacial score (nSPS) is 26.3. The largest absolute Gasteiger partial charge is 0.453 e. The van der Waals surface area contributed by atoms with E-state index in [1.807, 2.05) is 12.1 Å². The van der Waals surface area contributed by atoms with Crippen molar-refractivity contribution in [3.63, 3.8) is 0 Å². The molecule has 0 saturated carbocycles. The molecule has 2 atom stereocenters. The lowest BCUT2D eigenvalue weighted by atomic mass is 9.91. The van der Waals surface area contributed by atoms with Gasteiger partial charge in [-0.05, 0) is 60.8 Å². The van der Waals surface area contributed by atoms with E-state index in [-0.39, 0.29) is 11.6 Å². The van der Waals surface area contributed by atoms with Crippen LogP contribution in [0, 0.1) is 0 Å². The molecule has 0 aromatic carbocycles. The molecule has 0 bridgehead atoms. The third-order valence-electron chi connectivity index (χ3n) is 3.34. The predicted molar refractivity (Wildman–Crippen MR) is 71.0 cm³/mol. The summed E-state index contributed by atoms with van der Waals surface area (Å²) >= 11 is 3.36. The molecule has 0 amide bonds. The molecule has 1 aliphatic heterocycles. The van der Waals surface area contributed by atoms with Gasteiger partial charge in [-0.25, -0.2) is 0 Å². The van der Waals surface area contributed by atoms with Gasteiger partial charge < -0.3 is 14.5 Å². The van der Waals surface area contributed by atoms with E-state index in [9.17, 15) is 0 Å². The molecule has 1 aliphatic rings. The van der Waals surface area contributed by atoms with E-state index < -0.39 is 0 Å². The highest BCUT2D eigenvalue weighted by Crippen LogP contribution is 2.38. The van der Waals surface area contributed by atoms with Crippen LogP contribution in [0.5, 0.6) is 0 Å². The second-order valence-electron chi connectivity index (χ2n) is 4.79. The van der Waals surface area contributed by atoms with E-state index in [4.69, 9.17) is 9.15 Å². The second kappa shape index (κ2) is 5.55. The van der Waals surface area contributed by atoms with Crippen LogP contribution in [0.4, 0.5) is 0 Å². The van der Waals surface area contributed by atoms with E-state index >= 15 is 0 Å². The molecular weight excluding hydrogens is 282 g/mol. The van der Waals surface area contributed by atoms with E-state index in [0.717, 1.165) is 42.8 Å². The van der Waals surface area contributed by atoms with Crippen LogP contribution in [0.25, 0.3) is 0 Å². The molecule has 0 aliphatic carbocycles. The fourth-order valence-electron chi connectivity index (χ4n) is 2.42. The Morgan fingerprint density at radius 1 is 1.53 bits per heavy atom. The quantitative estimate of drug-likeness (QED) is 0.901. The van der Waals surface area contributed by atoms with Crippen molar-refractivity contribution in [2.75, 3.05) is 13.2 Å². The number of nitrogens with one attached hydrogen (secondary N) is 1. The topological polar surface area (TPSA) is 34.4 Å². The fraction of sp³-hybridized carbons (Fsp3) is 0.692. The number of halogens is 1. The van der Waals surface area contributed by atoms with Crippen LogP contribution in [0.2, 0.25) is 0 Å². The van der Waals surface area contributed by atoms with E-state index in [2.05, 4.69) is 35.1 Å². The van der Waals surface area contributed by atoms with Gasteiger partial charge in [0.25, 0.3) is 0 Å². The molecule has 17 heavy (non-hydrogen) atoms. The van der Waals surface area contributed by atoms with Crippen LogP contribution < -0.4 is 5.32 Å². The molecule has 1 aromatic rings. The molecule has 0 radical (unpaired) electrons. The summed E-state index contributed by atoms with van der Waals surface area (Å²) in [7, 11) is 0. The molecule has 3 nitrogen and oxygen atoms in total. The summed E-state index contributed by atoms with van der Waals surface area (Å²) in [6, 6.07) is 4.09. The maximum absolute atomic E-state index is 5.93. The zero-order valence-electron chi connectivity index (χ0n) is 10.5. The minimum Gasteiger partial charge on any atom is -0.453 e. The third kappa shape index (κ3) is 2.92. The highest BCUT2D eigenvalue weighted by atomic mass is 79.9. The first kappa shape index (κ1) is 13.1. The van der Waals surface area contributed by atoms with E-state index in [1.54, 1.807) is 0 Å². The Morgan fingerprint density at radius 2 is 2.35 bits per heavy atom. The molecule has 0 spiro atoms. The minimum atomic E-state index is -0.146. The molecule has 4 heteroatoms. The van der Waals surface area contributed by atoms with Crippen molar-refractivity contribution in [2.24, 2.45) is 0 Å². The highest BCUT2D eigenvalue weighted by Gasteiger charge is 2.40. The molecule has 96 valence electrons. The standard InChI is InChI=1S/C13H20BrNO2/c1-3-8-15-12(10-5-6-11(14)17-10)13(2)7-4-9-16-13/h5-6,12,15H,3-4,7-9H2,1-2H3. The zero-order valence-corrected chi connectivity index (χ0v) is 12.0. The summed E-state index contributed by atoms with van der Waals surface area (Å²) in [5.41, 5.74) is -0.146. The van der Waals surface area contributed by atoms with Crippen LogP contribution in [0.1, 0.15) is 44.9 Å². The molecule has 2 rings (SSSR count). The molecule has 1 fully saturated rings. The van der Waals surface area contributed by atoms with Gasteiger partial charge in [0.05, 0.1) is 11.6 Å². The van der Waals surface area contributed by atoms with Crippen molar-refractivity contribution in [1.29, 1.82) is 0 Å². The number of rotatable bonds is 5. The average molecular weight is 302 g/mol. The third-order valence-corrected chi connectivity index (χ3v) is 3.76. The van der Waals surface area contributed by atoms with Crippen molar-refractivity contribution in [2.45, 2.75) is 44.8 Å². The lowest BCUT2D eigenvalue weighted by Crippen LogP contribution is -2.41. The zero-order chi connectivity index (χ0) is 12.3. The van der Waals surface area contributed by atoms with Crippen molar-refractivity contribution in [3.8, 4) is 0 Å². The van der Waals surface area contributed by atoms with Crippen LogP contribution in [0.15, 0.2) is 21.2 Å². The first-order valence-electron chi connectivity index (χ1n) is 6.28. The Balaban J connectivity index is 2.18. The van der Waals surface area contributed by atoms with Crippen LogP contribution in [-0.4, -0.2) is 18.8 Å². The van der Waals surface area contributed by atoms with Crippen molar-refractivity contribution < 1.29 is 9.15 Å². The highest BCUT2D eigenvalue weighted by molar-refractivity contribution is 9.10. The second-order valence-corrected chi connectivity index (χ2v) is 5.58. The summed E-state index contributed by atoms with van der Waals surface area (Å²) < 4.78 is 12.4. The van der Waals surface area contributed by atoms with Crippen LogP contribution in [-0.2, 0) is 4.74 Å². The van der Waals surface area contributed by atoms with Gasteiger partial charge in [0.15, 0.2) is 4.67 Å². The predicted octanol–water partition coefficient (Wildman–Crippen LogP) is 3.65. The summed E-state index contributed by atoms with van der Waals surface area (Å²) in [5.74, 6) is 0.953. The van der Waals surface area contributed by atoms with Gasteiger partial charge in [0.1, 0.15) is 5.76 Å². The van der Waals surface area contributed by atoms with Gasteiger partial charge in [0.2, 0.25) is 0 Å². The first-order chi connectivity index (χ1) is 8.15. The smallest absolute Gasteiger partial charge is 0.169 e. The monoisotopic (exact) mass is 301 g/mol. The minimum absolute atomic E-state index is 0.135. The number of furan rings is 1. The maximum Gasteiger partial charge on any atom is 0.169 e. The molecule has 1 saturated heterocycles. The van der Waals surface area contributed by atoms with E-state index in [0.29, 0.717) is 0 Å². The molecular formula is C13H20BrNO2. The molecule has 2 unspecified atom stereocenters. The number of hydrogen-bond acceptors (Lipinski definition) is 3. The SMILES string of the molecule is CCCNC(c1ccc(Br)o1)C1(C)CCCO1. The maximum atomic E-state index is 5.93. The summed E-state index contributed by atoms with van der Waals surface area (Å²) in [5, 5.41) is 3.54. The average Bonchev–Trinajstić information content (AvgIpc) is 2.89. The van der Waals surface area contributed by atoms with Crippen molar-refractivity contribution >= 4 is 15.9 Å². The Labute approximate surface area is 111 Å². The van der Waals surface area contributed by atoms with Crippen LogP contribution in [0.3, 0.4) is 0 Å². The van der Waals surface area contributed by atoms with Crippen molar-refractivity contribution in [3.05, 3.63) is 22.6 Å². The van der Waals surface area contributed by atoms with Crippen molar-refractivity contribution in [1.82, 2.24) is 5.32 Å². The molecule has 2 heterocycles. The number of hydrogen-bond donors (Lipinski definition) is 1. The lowest BCUT2D eigenvalue weighted by molar-refractivity contribution is -0.0182. The van der Waals surface area contributed by atoms with Gasteiger partial charge in [-0.3, -0.25) is 0 Å². The summed E-state index contributed by atoms with van der Waals surface area (Å²) in [6.07, 6.45) is 3.31. The first-order valence-corrected chi connectivity index (χ1v) is 7.07. The lowest BCUT2D eigenvalue weighted by Gasteiger charge is -2.32. The Morgan fingerprint density at radius 3 is 2.88 bits per heavy atom. The number of ether oxygens (including phenoxy) is 1. The Kier molecular flexibility index (Phi) is 4.28. The summed E-state index contributed by atoms with van der Waals surface area (Å²) in [6.45, 7) is 6.16. The van der Waals surface area contributed by atoms with Gasteiger partial charge in [-0.15, -0.1) is 0 Å². The van der Waals surface area contributed by atoms with Crippen LogP contribution >= 0.6 is 15.9 Å². The molecule has 1 aromatic heterocycles. The fourth-order valence-corrected chi connectivity index (χ4v) is 2.74. The van der Waals surface area contributed by atoms with E-state index in [1.165, 1.54) is 0 Å².